The van der Waals surface area contributed by atoms with Crippen molar-refractivity contribution in [1.82, 2.24) is 19.8 Å². The highest BCUT2D eigenvalue weighted by Crippen LogP contribution is 2.26. The van der Waals surface area contributed by atoms with Gasteiger partial charge in [-0.15, -0.1) is 0 Å². The van der Waals surface area contributed by atoms with Gasteiger partial charge in [0.15, 0.2) is 5.82 Å². The topological polar surface area (TPSA) is 105 Å². The smallest absolute Gasteiger partial charge is 0.246 e. The molecular formula is C16H18F2N4O4S. The number of piperidine rings is 1. The molecule has 1 aliphatic rings. The zero-order valence-electron chi connectivity index (χ0n) is 14.5. The Morgan fingerprint density at radius 1 is 1.33 bits per heavy atom. The van der Waals surface area contributed by atoms with Gasteiger partial charge in [-0.2, -0.15) is 9.29 Å². The van der Waals surface area contributed by atoms with E-state index in [-0.39, 0.29) is 50.2 Å². The molecule has 3 rings (SSSR count). The van der Waals surface area contributed by atoms with E-state index < -0.39 is 26.6 Å². The van der Waals surface area contributed by atoms with Crippen molar-refractivity contribution in [3.63, 3.8) is 0 Å². The van der Waals surface area contributed by atoms with E-state index in [4.69, 9.17) is 4.52 Å². The highest BCUT2D eigenvalue weighted by molar-refractivity contribution is 7.89. The second-order valence-corrected chi connectivity index (χ2v) is 8.11. The summed E-state index contributed by atoms with van der Waals surface area (Å²) in [6.45, 7) is 1.89. The fourth-order valence-corrected chi connectivity index (χ4v) is 4.42. The average Bonchev–Trinajstić information content (AvgIpc) is 3.05. The molecule has 1 N–H and O–H groups in total. The lowest BCUT2D eigenvalue weighted by atomic mass is 9.97. The quantitative estimate of drug-likeness (QED) is 0.813. The molecule has 0 unspecified atom stereocenters. The van der Waals surface area contributed by atoms with Crippen LogP contribution in [0, 0.1) is 24.5 Å². The Kier molecular flexibility index (Phi) is 5.51. The maximum Gasteiger partial charge on any atom is 0.246 e. The Hall–Kier alpha value is -2.40. The van der Waals surface area contributed by atoms with Crippen molar-refractivity contribution in [3.05, 3.63) is 41.5 Å². The van der Waals surface area contributed by atoms with Gasteiger partial charge in [0.1, 0.15) is 16.5 Å². The van der Waals surface area contributed by atoms with Gasteiger partial charge < -0.3 is 9.84 Å². The molecule has 0 atom stereocenters. The number of benzene rings is 1. The van der Waals surface area contributed by atoms with Gasteiger partial charge in [-0.05, 0) is 31.9 Å². The monoisotopic (exact) mass is 400 g/mol. The number of aromatic nitrogens is 2. The average molecular weight is 400 g/mol. The number of carbonyl (C=O) groups excluding carboxylic acids is 1. The summed E-state index contributed by atoms with van der Waals surface area (Å²) in [6, 6.07) is 2.34. The Balaban J connectivity index is 1.58. The summed E-state index contributed by atoms with van der Waals surface area (Å²) in [5, 5.41) is 6.30. The van der Waals surface area contributed by atoms with Gasteiger partial charge in [-0.1, -0.05) is 5.16 Å². The molecule has 0 aliphatic carbocycles. The van der Waals surface area contributed by atoms with E-state index in [1.807, 2.05) is 0 Å². The fraction of sp³-hybridized carbons (Fsp3) is 0.438. The van der Waals surface area contributed by atoms with E-state index in [1.54, 1.807) is 6.92 Å². The molecule has 0 saturated carbocycles. The molecule has 2 heterocycles. The van der Waals surface area contributed by atoms with Crippen LogP contribution in [0.25, 0.3) is 0 Å². The minimum Gasteiger partial charge on any atom is -0.347 e. The zero-order chi connectivity index (χ0) is 19.6. The molecular weight excluding hydrogens is 382 g/mol. The van der Waals surface area contributed by atoms with Crippen molar-refractivity contribution in [1.29, 1.82) is 0 Å². The van der Waals surface area contributed by atoms with Crippen LogP contribution in [0.3, 0.4) is 0 Å². The number of nitrogens with zero attached hydrogens (tertiary/aromatic N) is 3. The first-order chi connectivity index (χ1) is 12.8. The van der Waals surface area contributed by atoms with E-state index in [9.17, 15) is 22.0 Å². The summed E-state index contributed by atoms with van der Waals surface area (Å²) >= 11 is 0. The number of sulfonamides is 1. The van der Waals surface area contributed by atoms with Gasteiger partial charge in [0.2, 0.25) is 21.8 Å². The summed E-state index contributed by atoms with van der Waals surface area (Å²) in [4.78, 5) is 15.6. The van der Waals surface area contributed by atoms with E-state index in [2.05, 4.69) is 15.5 Å². The van der Waals surface area contributed by atoms with Gasteiger partial charge in [0, 0.05) is 25.1 Å². The van der Waals surface area contributed by atoms with Crippen molar-refractivity contribution < 1.29 is 26.5 Å². The van der Waals surface area contributed by atoms with Crippen molar-refractivity contribution in [2.45, 2.75) is 31.2 Å². The minimum absolute atomic E-state index is 0.0664. The molecule has 1 aromatic heterocycles. The summed E-state index contributed by atoms with van der Waals surface area (Å²) in [7, 11) is -4.08. The van der Waals surface area contributed by atoms with Crippen LogP contribution >= 0.6 is 0 Å². The number of carbonyl (C=O) groups is 1. The zero-order valence-corrected chi connectivity index (χ0v) is 15.3. The molecule has 27 heavy (non-hydrogen) atoms. The first kappa shape index (κ1) is 19.4. The number of hydrogen-bond donors (Lipinski definition) is 1. The molecule has 146 valence electrons. The highest BCUT2D eigenvalue weighted by atomic mass is 32.2. The summed E-state index contributed by atoms with van der Waals surface area (Å²) < 4.78 is 57.9. The van der Waals surface area contributed by atoms with Crippen LogP contribution in [-0.2, 0) is 21.4 Å². The number of rotatable bonds is 5. The number of halogens is 2. The van der Waals surface area contributed by atoms with E-state index in [1.165, 1.54) is 0 Å². The molecule has 1 aromatic carbocycles. The third-order valence-corrected chi connectivity index (χ3v) is 6.25. The van der Waals surface area contributed by atoms with Crippen molar-refractivity contribution in [3.8, 4) is 0 Å². The van der Waals surface area contributed by atoms with Crippen LogP contribution in [0.4, 0.5) is 8.78 Å². The Bertz CT molecular complexity index is 940. The normalized spacial score (nSPS) is 16.4. The van der Waals surface area contributed by atoms with Crippen molar-refractivity contribution in [2.24, 2.45) is 5.92 Å². The van der Waals surface area contributed by atoms with Crippen LogP contribution < -0.4 is 5.32 Å². The molecule has 1 saturated heterocycles. The lowest BCUT2D eigenvalue weighted by molar-refractivity contribution is -0.126. The van der Waals surface area contributed by atoms with Crippen LogP contribution in [0.1, 0.15) is 24.6 Å². The predicted molar refractivity (Wildman–Crippen MR) is 88.7 cm³/mol. The molecule has 0 radical (unpaired) electrons. The second-order valence-electron chi connectivity index (χ2n) is 6.21. The standard InChI is InChI=1S/C16H18F2N4O4S/c1-10-20-15(26-21-10)9-19-16(23)11-4-6-22(7-5-11)27(24,25)14-3-2-12(17)8-13(14)18/h2-3,8,11H,4-7,9H2,1H3,(H,19,23). The number of aryl methyl sites for hydroxylation is 1. The van der Waals surface area contributed by atoms with E-state index in [0.29, 0.717) is 11.9 Å². The Morgan fingerprint density at radius 2 is 2.04 bits per heavy atom. The van der Waals surface area contributed by atoms with E-state index in [0.717, 1.165) is 16.4 Å². The Labute approximate surface area is 154 Å². The highest BCUT2D eigenvalue weighted by Gasteiger charge is 2.33. The third-order valence-electron chi connectivity index (χ3n) is 4.32. The van der Waals surface area contributed by atoms with Crippen LogP contribution in [0.2, 0.25) is 0 Å². The molecule has 2 aromatic rings. The lowest BCUT2D eigenvalue weighted by Gasteiger charge is -2.30. The summed E-state index contributed by atoms with van der Waals surface area (Å²) in [6.07, 6.45) is 0.577. The molecule has 11 heteroatoms. The second kappa shape index (κ2) is 7.69. The van der Waals surface area contributed by atoms with Crippen LogP contribution in [0.15, 0.2) is 27.6 Å². The number of nitrogens with one attached hydrogen (secondary N) is 1. The molecule has 8 nitrogen and oxygen atoms in total. The van der Waals surface area contributed by atoms with E-state index >= 15 is 0 Å². The fourth-order valence-electron chi connectivity index (χ4n) is 2.90. The Morgan fingerprint density at radius 3 is 2.63 bits per heavy atom. The van der Waals surface area contributed by atoms with Gasteiger partial charge in [0.05, 0.1) is 6.54 Å². The first-order valence-corrected chi connectivity index (χ1v) is 9.73. The SMILES string of the molecule is Cc1noc(CNC(=O)C2CCN(S(=O)(=O)c3ccc(F)cc3F)CC2)n1. The van der Waals surface area contributed by atoms with Crippen molar-refractivity contribution >= 4 is 15.9 Å². The molecule has 1 amide bonds. The largest absolute Gasteiger partial charge is 0.347 e. The molecule has 0 spiro atoms. The van der Waals surface area contributed by atoms with Gasteiger partial charge in [-0.3, -0.25) is 4.79 Å². The summed E-state index contributed by atoms with van der Waals surface area (Å²) in [5.74, 6) is -1.85. The molecule has 0 bridgehead atoms. The lowest BCUT2D eigenvalue weighted by Crippen LogP contribution is -2.43. The van der Waals surface area contributed by atoms with Gasteiger partial charge in [0.25, 0.3) is 0 Å². The molecule has 1 fully saturated rings. The van der Waals surface area contributed by atoms with Gasteiger partial charge >= 0.3 is 0 Å². The number of amides is 1. The van der Waals surface area contributed by atoms with Crippen LogP contribution in [0.5, 0.6) is 0 Å². The third kappa shape index (κ3) is 4.30. The summed E-state index contributed by atoms with van der Waals surface area (Å²) in [5.41, 5.74) is 0. The van der Waals surface area contributed by atoms with Crippen molar-refractivity contribution in [2.75, 3.05) is 13.1 Å². The van der Waals surface area contributed by atoms with Crippen LogP contribution in [-0.4, -0.2) is 41.9 Å². The number of hydrogen-bond acceptors (Lipinski definition) is 6. The van der Waals surface area contributed by atoms with Gasteiger partial charge in [-0.25, -0.2) is 17.2 Å². The minimum atomic E-state index is -4.08. The maximum atomic E-state index is 13.8. The predicted octanol–water partition coefficient (Wildman–Crippen LogP) is 1.37. The first-order valence-electron chi connectivity index (χ1n) is 8.29. The maximum absolute atomic E-state index is 13.8. The molecule has 1 aliphatic heterocycles.